The zero-order chi connectivity index (χ0) is 36.9. The summed E-state index contributed by atoms with van der Waals surface area (Å²) in [6.07, 6.45) is 14.8. The number of carboxylic acid groups (broad SMARTS) is 1. The molecule has 0 aromatic heterocycles. The number of quaternary nitrogens is 1. The summed E-state index contributed by atoms with van der Waals surface area (Å²) in [6.45, 7) is 6.04. The predicted molar refractivity (Wildman–Crippen MR) is 204 cm³/mol. The highest BCUT2D eigenvalue weighted by molar-refractivity contribution is 5.68. The topological polar surface area (TPSA) is 177 Å². The van der Waals surface area contributed by atoms with Crippen molar-refractivity contribution in [2.75, 3.05) is 19.8 Å². The quantitative estimate of drug-likeness (QED) is 0.213. The van der Waals surface area contributed by atoms with E-state index in [2.05, 4.69) is 52.1 Å². The number of β-amino-alcohol motifs (C(OH)–C–C–N with tert-alkyl or cyclic N) is 1. The maximum atomic E-state index is 12.1. The Kier molecular flexibility index (Phi) is 13.2. The molecule has 11 atom stereocenters. The molecule has 4 bridgehead atoms. The summed E-state index contributed by atoms with van der Waals surface area (Å²) in [7, 11) is 0. The summed E-state index contributed by atoms with van der Waals surface area (Å²) in [4.78, 5) is 17.8. The zero-order valence-corrected chi connectivity index (χ0v) is 31.9. The highest BCUT2D eigenvalue weighted by Gasteiger charge is 2.48. The van der Waals surface area contributed by atoms with Crippen LogP contribution in [0.5, 0.6) is 0 Å². The molecule has 2 saturated heterocycles. The molecule has 1 saturated carbocycles. The van der Waals surface area contributed by atoms with E-state index in [0.29, 0.717) is 25.7 Å². The summed E-state index contributed by atoms with van der Waals surface area (Å²) in [5.41, 5.74) is 7.63. The van der Waals surface area contributed by atoms with Crippen LogP contribution in [0.1, 0.15) is 128 Å². The van der Waals surface area contributed by atoms with Crippen molar-refractivity contribution in [1.82, 2.24) is 16.0 Å². The second-order valence-corrected chi connectivity index (χ2v) is 17.9. The van der Waals surface area contributed by atoms with Gasteiger partial charge in [-0.3, -0.25) is 10.1 Å². The van der Waals surface area contributed by atoms with Gasteiger partial charge in [0, 0.05) is 36.0 Å². The first kappa shape index (κ1) is 39.7. The molecule has 6 rings (SSSR count). The van der Waals surface area contributed by atoms with Gasteiger partial charge in [0.05, 0.1) is 42.7 Å². The Balaban J connectivity index is 1.29. The van der Waals surface area contributed by atoms with Gasteiger partial charge in [0.1, 0.15) is 12.6 Å². The molecule has 3 fully saturated rings. The van der Waals surface area contributed by atoms with Crippen LogP contribution >= 0.6 is 0 Å². The van der Waals surface area contributed by atoms with Crippen LogP contribution in [0.25, 0.3) is 0 Å². The van der Waals surface area contributed by atoms with Crippen molar-refractivity contribution in [1.29, 1.82) is 0 Å². The number of carbonyl (C=O) groups is 1. The normalized spacial score (nSPS) is 39.7. The van der Waals surface area contributed by atoms with E-state index in [1.54, 1.807) is 0 Å². The maximum Gasteiger partial charge on any atom is 0.306 e. The van der Waals surface area contributed by atoms with Crippen molar-refractivity contribution in [3.63, 3.8) is 0 Å². The number of piperidine rings is 2. The molecule has 292 valence electrons. The van der Waals surface area contributed by atoms with Gasteiger partial charge in [-0.1, -0.05) is 69.2 Å². The Labute approximate surface area is 311 Å². The third-order valence-electron chi connectivity index (χ3n) is 13.8. The second kappa shape index (κ2) is 17.2. The number of nitrogens with two attached hydrogens (primary N) is 1. The van der Waals surface area contributed by atoms with Gasteiger partial charge in [-0.2, -0.15) is 0 Å². The molecule has 5 aliphatic rings. The number of aliphatic imine (C=N–C) groups is 1. The number of aliphatic hydroxyl groups is 3. The van der Waals surface area contributed by atoms with Gasteiger partial charge < -0.3 is 41.7 Å². The minimum Gasteiger partial charge on any atom is -0.481 e. The van der Waals surface area contributed by atoms with Crippen LogP contribution in [0.2, 0.25) is 0 Å². The van der Waals surface area contributed by atoms with Crippen LogP contribution in [0.4, 0.5) is 0 Å². The van der Waals surface area contributed by atoms with Crippen molar-refractivity contribution in [2.45, 2.75) is 182 Å². The number of aliphatic hydroxyl groups excluding tert-OH is 2. The fourth-order valence-corrected chi connectivity index (χ4v) is 10.8. The van der Waals surface area contributed by atoms with E-state index in [1.165, 1.54) is 22.4 Å². The highest BCUT2D eigenvalue weighted by Crippen LogP contribution is 2.46. The lowest BCUT2D eigenvalue weighted by Gasteiger charge is -2.53. The van der Waals surface area contributed by atoms with Crippen LogP contribution < -0.4 is 26.6 Å². The highest BCUT2D eigenvalue weighted by atomic mass is 16.4. The van der Waals surface area contributed by atoms with E-state index < -0.39 is 23.8 Å². The lowest BCUT2D eigenvalue weighted by atomic mass is 9.61. The zero-order valence-electron chi connectivity index (χ0n) is 31.9. The Hall–Kier alpha value is -1.96. The fourth-order valence-electron chi connectivity index (χ4n) is 10.8. The lowest BCUT2D eigenvalue weighted by molar-refractivity contribution is -0.914. The van der Waals surface area contributed by atoms with E-state index in [9.17, 15) is 25.2 Å². The van der Waals surface area contributed by atoms with E-state index in [4.69, 9.17) is 5.73 Å². The average molecular weight is 726 g/mol. The summed E-state index contributed by atoms with van der Waals surface area (Å²) in [5, 5.41) is 55.6. The molecule has 1 spiro atoms. The molecule has 10 N–H and O–H groups in total. The first-order chi connectivity index (χ1) is 24.9. The van der Waals surface area contributed by atoms with Crippen molar-refractivity contribution in [3.8, 4) is 0 Å². The van der Waals surface area contributed by atoms with Gasteiger partial charge in [0.15, 0.2) is 6.67 Å². The maximum absolute atomic E-state index is 12.1. The van der Waals surface area contributed by atoms with E-state index in [-0.39, 0.29) is 60.2 Å². The number of hydrogen-bond donors (Lipinski definition) is 9. The number of carboxylic acids is 1. The minimum atomic E-state index is -1.34. The molecule has 1 aromatic carbocycles. The molecule has 52 heavy (non-hydrogen) atoms. The Morgan fingerprint density at radius 2 is 1.83 bits per heavy atom. The van der Waals surface area contributed by atoms with Crippen LogP contribution in [-0.4, -0.2) is 106 Å². The Morgan fingerprint density at radius 3 is 2.58 bits per heavy atom. The monoisotopic (exact) mass is 726 g/mol. The molecule has 4 heterocycles. The number of rotatable bonds is 6. The molecule has 11 heteroatoms. The van der Waals surface area contributed by atoms with Gasteiger partial charge in [-0.05, 0) is 82.3 Å². The SMILES string of the molecule is CC1NC(CC(O)C2CCCCCCC(O)(CC(=O)O)CNC3(C)CC(N)NC(C3)C3(CCCCC3)c3cccc(c3)C2)C([NH+]2CC=NC2)CC1O. The lowest BCUT2D eigenvalue weighted by Crippen LogP contribution is -3.16. The number of aliphatic carboxylic acids is 1. The molecule has 11 unspecified atom stereocenters. The first-order valence-electron chi connectivity index (χ1n) is 20.6. The molecule has 1 aromatic rings. The number of fused-ring (bicyclic) bond motifs is 6. The predicted octanol–water partition coefficient (Wildman–Crippen LogP) is 2.15. The largest absolute Gasteiger partial charge is 0.481 e. The Morgan fingerprint density at radius 1 is 1.08 bits per heavy atom. The number of hydrogen-bond acceptors (Lipinski definition) is 9. The molecular weight excluding hydrogens is 656 g/mol. The molecule has 0 amide bonds. The van der Waals surface area contributed by atoms with Gasteiger partial charge in [0.25, 0.3) is 0 Å². The molecule has 0 radical (unpaired) electrons. The number of benzene rings is 1. The summed E-state index contributed by atoms with van der Waals surface area (Å²) in [6, 6.07) is 9.58. The standard InChI is InChI=1S/C41H68N6O5/c1-28-34(48)22-33(47-18-17-43-27-47)32(45-28)21-35(49)30-12-6-3-4-7-14-40(52,25-38(50)51)26-44-39(2)23-36(46-37(42)24-39)41(15-8-5-9-16-41)31-13-10-11-29(19-30)20-31/h10-11,13,17,20,28,30,32-37,44-46,48-49,52H,3-9,12,14-16,18-19,21-27,42H2,1-2H3,(H,50,51)/p+1. The summed E-state index contributed by atoms with van der Waals surface area (Å²) >= 11 is 0. The van der Waals surface area contributed by atoms with Gasteiger partial charge >= 0.3 is 5.97 Å². The van der Waals surface area contributed by atoms with E-state index in [0.717, 1.165) is 83.8 Å². The summed E-state index contributed by atoms with van der Waals surface area (Å²) < 4.78 is 0. The van der Waals surface area contributed by atoms with Crippen molar-refractivity contribution in [2.24, 2.45) is 16.6 Å². The first-order valence-corrected chi connectivity index (χ1v) is 20.6. The van der Waals surface area contributed by atoms with Crippen LogP contribution in [-0.2, 0) is 16.6 Å². The van der Waals surface area contributed by atoms with Gasteiger partial charge in [-0.15, -0.1) is 0 Å². The van der Waals surface area contributed by atoms with Crippen molar-refractivity contribution < 1.29 is 30.1 Å². The van der Waals surface area contributed by atoms with E-state index in [1.807, 2.05) is 13.1 Å². The van der Waals surface area contributed by atoms with Gasteiger partial charge in [-0.25, -0.2) is 4.99 Å². The van der Waals surface area contributed by atoms with Crippen molar-refractivity contribution >= 4 is 12.2 Å². The second-order valence-electron chi connectivity index (χ2n) is 17.9. The molecular formula is C41H69N6O5+. The third kappa shape index (κ3) is 9.63. The fraction of sp³-hybridized carbons (Fsp3) is 0.805. The van der Waals surface area contributed by atoms with Crippen molar-refractivity contribution in [3.05, 3.63) is 35.4 Å². The van der Waals surface area contributed by atoms with Crippen LogP contribution in [0.15, 0.2) is 29.3 Å². The summed E-state index contributed by atoms with van der Waals surface area (Å²) in [5.74, 6) is -0.907. The molecule has 1 aliphatic carbocycles. The molecule has 11 nitrogen and oxygen atoms in total. The number of nitrogens with zero attached hydrogens (tertiary/aromatic N) is 1. The van der Waals surface area contributed by atoms with Gasteiger partial charge in [0.2, 0.25) is 0 Å². The number of nitrogens with one attached hydrogen (secondary N) is 4. The third-order valence-corrected chi connectivity index (χ3v) is 13.8. The Bertz CT molecular complexity index is 1350. The van der Waals surface area contributed by atoms with Crippen LogP contribution in [0.3, 0.4) is 0 Å². The average Bonchev–Trinajstić information content (AvgIpc) is 3.64. The smallest absolute Gasteiger partial charge is 0.306 e. The molecule has 4 aliphatic heterocycles. The minimum absolute atomic E-state index is 0.0247. The van der Waals surface area contributed by atoms with E-state index >= 15 is 0 Å². The van der Waals surface area contributed by atoms with Crippen LogP contribution in [0, 0.1) is 5.92 Å².